The second kappa shape index (κ2) is 6.21. The Labute approximate surface area is 105 Å². The largest absolute Gasteiger partial charge is 0.421 e. The van der Waals surface area contributed by atoms with E-state index in [1.807, 2.05) is 0 Å². The number of nitrogens with zero attached hydrogens (tertiary/aromatic N) is 1. The van der Waals surface area contributed by atoms with E-state index in [0.29, 0.717) is 5.69 Å². The Morgan fingerprint density at radius 1 is 1.44 bits per heavy atom. The van der Waals surface area contributed by atoms with E-state index < -0.39 is 11.9 Å². The van der Waals surface area contributed by atoms with Gasteiger partial charge in [-0.05, 0) is 19.1 Å². The number of hydrogen-bond donors (Lipinski definition) is 1. The van der Waals surface area contributed by atoms with E-state index in [0.717, 1.165) is 0 Å². The van der Waals surface area contributed by atoms with Crippen LogP contribution in [0.15, 0.2) is 36.4 Å². The van der Waals surface area contributed by atoms with Crippen molar-refractivity contribution in [3.63, 3.8) is 0 Å². The summed E-state index contributed by atoms with van der Waals surface area (Å²) >= 11 is 0. The van der Waals surface area contributed by atoms with Gasteiger partial charge in [-0.1, -0.05) is 18.7 Å². The summed E-state index contributed by atoms with van der Waals surface area (Å²) in [5, 5.41) is 10.9. The van der Waals surface area contributed by atoms with Gasteiger partial charge in [0, 0.05) is 5.57 Å². The van der Waals surface area contributed by atoms with Gasteiger partial charge in [0.05, 0.1) is 11.8 Å². The SMILES string of the molecule is C=C(C)C(=O)Oc1ccccc1NC(=O)CC#N. The van der Waals surface area contributed by atoms with Gasteiger partial charge in [0.2, 0.25) is 5.91 Å². The van der Waals surface area contributed by atoms with E-state index in [1.54, 1.807) is 30.3 Å². The summed E-state index contributed by atoms with van der Waals surface area (Å²) in [4.78, 5) is 22.7. The van der Waals surface area contributed by atoms with Crippen LogP contribution < -0.4 is 10.1 Å². The Morgan fingerprint density at radius 3 is 2.72 bits per heavy atom. The lowest BCUT2D eigenvalue weighted by Crippen LogP contribution is -2.14. The van der Waals surface area contributed by atoms with E-state index in [1.165, 1.54) is 6.92 Å². The smallest absolute Gasteiger partial charge is 0.338 e. The van der Waals surface area contributed by atoms with Crippen LogP contribution in [0.1, 0.15) is 13.3 Å². The molecule has 0 radical (unpaired) electrons. The molecule has 0 bridgehead atoms. The third kappa shape index (κ3) is 3.76. The van der Waals surface area contributed by atoms with Gasteiger partial charge in [-0.15, -0.1) is 0 Å². The predicted octanol–water partition coefficient (Wildman–Crippen LogP) is 2.02. The number of anilines is 1. The molecule has 1 amide bonds. The molecule has 0 saturated carbocycles. The molecular weight excluding hydrogens is 232 g/mol. The molecular formula is C13H12N2O3. The normalized spacial score (nSPS) is 9.11. The Bertz CT molecular complexity index is 529. The second-order valence-electron chi connectivity index (χ2n) is 3.55. The van der Waals surface area contributed by atoms with Crippen molar-refractivity contribution in [3.8, 4) is 11.8 Å². The number of benzene rings is 1. The highest BCUT2D eigenvalue weighted by Gasteiger charge is 2.11. The third-order valence-corrected chi connectivity index (χ3v) is 1.95. The van der Waals surface area contributed by atoms with Crippen LogP contribution in [-0.2, 0) is 9.59 Å². The molecule has 0 spiro atoms. The first-order valence-electron chi connectivity index (χ1n) is 5.18. The summed E-state index contributed by atoms with van der Waals surface area (Å²) in [5.74, 6) is -0.815. The Hall–Kier alpha value is -2.61. The number of hydrogen-bond acceptors (Lipinski definition) is 4. The van der Waals surface area contributed by atoms with Crippen molar-refractivity contribution in [1.82, 2.24) is 0 Å². The van der Waals surface area contributed by atoms with Crippen LogP contribution in [0, 0.1) is 11.3 Å². The van der Waals surface area contributed by atoms with Crippen molar-refractivity contribution in [2.75, 3.05) is 5.32 Å². The topological polar surface area (TPSA) is 79.2 Å². The molecule has 1 rings (SSSR count). The number of carbonyl (C=O) groups is 2. The van der Waals surface area contributed by atoms with Gasteiger partial charge in [-0.2, -0.15) is 5.26 Å². The molecule has 5 heteroatoms. The number of nitrogens with one attached hydrogen (secondary N) is 1. The van der Waals surface area contributed by atoms with Gasteiger partial charge in [-0.25, -0.2) is 4.79 Å². The van der Waals surface area contributed by atoms with Gasteiger partial charge in [0.1, 0.15) is 6.42 Å². The molecule has 1 aromatic rings. The van der Waals surface area contributed by atoms with Crippen LogP contribution in [-0.4, -0.2) is 11.9 Å². The number of ether oxygens (including phenoxy) is 1. The first kappa shape index (κ1) is 13.5. The van der Waals surface area contributed by atoms with Crippen molar-refractivity contribution < 1.29 is 14.3 Å². The van der Waals surface area contributed by atoms with E-state index in [2.05, 4.69) is 11.9 Å². The molecule has 0 aliphatic rings. The van der Waals surface area contributed by atoms with E-state index in [-0.39, 0.29) is 17.7 Å². The molecule has 18 heavy (non-hydrogen) atoms. The van der Waals surface area contributed by atoms with Crippen molar-refractivity contribution in [1.29, 1.82) is 5.26 Å². The second-order valence-corrected chi connectivity index (χ2v) is 3.55. The third-order valence-electron chi connectivity index (χ3n) is 1.95. The minimum absolute atomic E-state index is 0.219. The molecule has 0 aliphatic heterocycles. The first-order valence-corrected chi connectivity index (χ1v) is 5.18. The van der Waals surface area contributed by atoms with Crippen LogP contribution in [0.4, 0.5) is 5.69 Å². The molecule has 0 fully saturated rings. The molecule has 0 aromatic heterocycles. The van der Waals surface area contributed by atoms with Gasteiger partial charge < -0.3 is 10.1 Å². The van der Waals surface area contributed by atoms with Crippen LogP contribution >= 0.6 is 0 Å². The summed E-state index contributed by atoms with van der Waals surface area (Å²) in [6.45, 7) is 4.99. The van der Waals surface area contributed by atoms with Crippen molar-refractivity contribution in [2.45, 2.75) is 13.3 Å². The number of esters is 1. The average molecular weight is 244 g/mol. The zero-order valence-corrected chi connectivity index (χ0v) is 9.90. The number of carbonyl (C=O) groups excluding carboxylic acids is 2. The van der Waals surface area contributed by atoms with Crippen LogP contribution in [0.2, 0.25) is 0 Å². The zero-order chi connectivity index (χ0) is 13.5. The van der Waals surface area contributed by atoms with Crippen LogP contribution in [0.3, 0.4) is 0 Å². The van der Waals surface area contributed by atoms with E-state index in [4.69, 9.17) is 10.00 Å². The summed E-state index contributed by atoms with van der Waals surface area (Å²) in [5.41, 5.74) is 0.598. The van der Waals surface area contributed by atoms with Crippen molar-refractivity contribution >= 4 is 17.6 Å². The maximum atomic E-state index is 11.4. The lowest BCUT2D eigenvalue weighted by atomic mass is 10.2. The van der Waals surface area contributed by atoms with E-state index >= 15 is 0 Å². The molecule has 0 heterocycles. The molecule has 0 unspecified atom stereocenters. The van der Waals surface area contributed by atoms with Crippen molar-refractivity contribution in [3.05, 3.63) is 36.4 Å². The maximum Gasteiger partial charge on any atom is 0.338 e. The molecule has 0 saturated heterocycles. The number of rotatable bonds is 4. The molecule has 1 aromatic carbocycles. The number of para-hydroxylation sites is 2. The highest BCUT2D eigenvalue weighted by molar-refractivity contribution is 5.95. The minimum Gasteiger partial charge on any atom is -0.421 e. The van der Waals surface area contributed by atoms with E-state index in [9.17, 15) is 9.59 Å². The first-order chi connectivity index (χ1) is 8.54. The van der Waals surface area contributed by atoms with Gasteiger partial charge in [-0.3, -0.25) is 4.79 Å². The fourth-order valence-electron chi connectivity index (χ4n) is 1.11. The number of nitriles is 1. The molecule has 0 atom stereocenters. The molecule has 1 N–H and O–H groups in total. The Kier molecular flexibility index (Phi) is 4.64. The predicted molar refractivity (Wildman–Crippen MR) is 65.8 cm³/mol. The van der Waals surface area contributed by atoms with Gasteiger partial charge in [0.15, 0.2) is 5.75 Å². The summed E-state index contributed by atoms with van der Waals surface area (Å²) in [6, 6.07) is 8.20. The van der Waals surface area contributed by atoms with Crippen LogP contribution in [0.5, 0.6) is 5.75 Å². The average Bonchev–Trinajstić information content (AvgIpc) is 2.31. The highest BCUT2D eigenvalue weighted by atomic mass is 16.5. The Balaban J connectivity index is 2.86. The maximum absolute atomic E-state index is 11.4. The quantitative estimate of drug-likeness (QED) is 0.499. The lowest BCUT2D eigenvalue weighted by molar-refractivity contribution is -0.130. The lowest BCUT2D eigenvalue weighted by Gasteiger charge is -2.10. The fraction of sp³-hybridized carbons (Fsp3) is 0.154. The summed E-state index contributed by atoms with van der Waals surface area (Å²) in [7, 11) is 0. The fourth-order valence-corrected chi connectivity index (χ4v) is 1.11. The molecule has 0 aliphatic carbocycles. The summed E-state index contributed by atoms with van der Waals surface area (Å²) < 4.78 is 5.05. The molecule has 92 valence electrons. The summed E-state index contributed by atoms with van der Waals surface area (Å²) in [6.07, 6.45) is -0.261. The highest BCUT2D eigenvalue weighted by Crippen LogP contribution is 2.24. The zero-order valence-electron chi connectivity index (χ0n) is 9.90. The monoisotopic (exact) mass is 244 g/mol. The van der Waals surface area contributed by atoms with Crippen LogP contribution in [0.25, 0.3) is 0 Å². The Morgan fingerprint density at radius 2 is 2.11 bits per heavy atom. The van der Waals surface area contributed by atoms with Crippen molar-refractivity contribution in [2.24, 2.45) is 0 Å². The van der Waals surface area contributed by atoms with Gasteiger partial charge >= 0.3 is 5.97 Å². The molecule has 5 nitrogen and oxygen atoms in total. The van der Waals surface area contributed by atoms with Gasteiger partial charge in [0.25, 0.3) is 0 Å². The minimum atomic E-state index is -0.572. The standard InChI is InChI=1S/C13H12N2O3/c1-9(2)13(17)18-11-6-4-3-5-10(11)15-12(16)7-8-14/h3-6H,1,7H2,2H3,(H,15,16). The number of amides is 1.